The van der Waals surface area contributed by atoms with Crippen molar-refractivity contribution in [3.63, 3.8) is 0 Å². The maximum Gasteiger partial charge on any atom is 0.225 e. The van der Waals surface area contributed by atoms with E-state index < -0.39 is 0 Å². The van der Waals surface area contributed by atoms with Crippen molar-refractivity contribution in [2.24, 2.45) is 0 Å². The van der Waals surface area contributed by atoms with Gasteiger partial charge in [-0.25, -0.2) is 15.0 Å². The number of hydrogen-bond donors (Lipinski definition) is 1. The number of nitrogens with one attached hydrogen (secondary N) is 1. The molecule has 0 aliphatic carbocycles. The molecule has 0 unspecified atom stereocenters. The Morgan fingerprint density at radius 1 is 1.21 bits per heavy atom. The van der Waals surface area contributed by atoms with Gasteiger partial charge in [-0.2, -0.15) is 0 Å². The molecular weight excluding hydrogens is 178 g/mol. The highest BCUT2D eigenvalue weighted by Crippen LogP contribution is 2.12. The second-order valence-electron chi connectivity index (χ2n) is 3.07. The van der Waals surface area contributed by atoms with Crippen LogP contribution in [-0.2, 0) is 0 Å². The van der Waals surface area contributed by atoms with Gasteiger partial charge in [-0.3, -0.25) is 0 Å². The van der Waals surface area contributed by atoms with E-state index in [9.17, 15) is 0 Å². The molecule has 14 heavy (non-hydrogen) atoms. The van der Waals surface area contributed by atoms with Crippen molar-refractivity contribution in [2.75, 3.05) is 19.0 Å². The summed E-state index contributed by atoms with van der Waals surface area (Å²) in [5, 5.41) is 0. The summed E-state index contributed by atoms with van der Waals surface area (Å²) in [5.41, 5.74) is 0.800. The first-order chi connectivity index (χ1) is 6.77. The molecule has 0 radical (unpaired) electrons. The van der Waals surface area contributed by atoms with E-state index >= 15 is 0 Å². The molecule has 1 N–H and O–H groups in total. The van der Waals surface area contributed by atoms with Gasteiger partial charge in [0.2, 0.25) is 5.95 Å². The van der Waals surface area contributed by atoms with E-state index in [1.807, 2.05) is 25.1 Å². The Bertz CT molecular complexity index is 407. The van der Waals surface area contributed by atoms with Crippen LogP contribution in [0.15, 0.2) is 24.7 Å². The van der Waals surface area contributed by atoms with E-state index in [1.165, 1.54) is 0 Å². The molecule has 0 aliphatic heterocycles. The highest BCUT2D eigenvalue weighted by atomic mass is 15.2. The van der Waals surface area contributed by atoms with Crippen molar-refractivity contribution in [1.29, 1.82) is 0 Å². The topological polar surface area (TPSA) is 57.7 Å². The Balaban J connectivity index is 2.41. The molecular formula is C9H11N5. The van der Waals surface area contributed by atoms with Crippen LogP contribution in [-0.4, -0.2) is 34.0 Å². The quantitative estimate of drug-likeness (QED) is 0.763. The van der Waals surface area contributed by atoms with Crippen molar-refractivity contribution >= 4 is 5.95 Å². The van der Waals surface area contributed by atoms with Crippen LogP contribution in [0.4, 0.5) is 5.95 Å². The molecule has 2 heterocycles. The molecule has 2 aromatic heterocycles. The van der Waals surface area contributed by atoms with E-state index in [4.69, 9.17) is 0 Å². The van der Waals surface area contributed by atoms with Crippen molar-refractivity contribution < 1.29 is 0 Å². The average molecular weight is 189 g/mol. The SMILES string of the molecule is CN(C)c1nccc(-c2ncc[nH]2)n1. The summed E-state index contributed by atoms with van der Waals surface area (Å²) >= 11 is 0. The average Bonchev–Trinajstić information content (AvgIpc) is 2.71. The number of hydrogen-bond acceptors (Lipinski definition) is 4. The van der Waals surface area contributed by atoms with Gasteiger partial charge in [0.05, 0.1) is 0 Å². The molecule has 72 valence electrons. The monoisotopic (exact) mass is 189 g/mol. The van der Waals surface area contributed by atoms with Crippen LogP contribution in [0.5, 0.6) is 0 Å². The molecule has 5 heteroatoms. The molecule has 0 bridgehead atoms. The van der Waals surface area contributed by atoms with Gasteiger partial charge in [0.15, 0.2) is 5.82 Å². The molecule has 0 amide bonds. The predicted molar refractivity (Wildman–Crippen MR) is 53.9 cm³/mol. The minimum atomic E-state index is 0.680. The Hall–Kier alpha value is -1.91. The number of nitrogens with zero attached hydrogens (tertiary/aromatic N) is 4. The fourth-order valence-corrected chi connectivity index (χ4v) is 1.10. The van der Waals surface area contributed by atoms with Gasteiger partial charge in [0, 0.05) is 32.7 Å². The smallest absolute Gasteiger partial charge is 0.225 e. The van der Waals surface area contributed by atoms with Crippen LogP contribution < -0.4 is 4.90 Å². The Morgan fingerprint density at radius 3 is 2.71 bits per heavy atom. The summed E-state index contributed by atoms with van der Waals surface area (Å²) < 4.78 is 0. The predicted octanol–water partition coefficient (Wildman–Crippen LogP) is 0.933. The Kier molecular flexibility index (Phi) is 2.14. The molecule has 0 atom stereocenters. The van der Waals surface area contributed by atoms with Gasteiger partial charge in [0.1, 0.15) is 5.69 Å². The molecule has 0 fully saturated rings. The molecule has 0 spiro atoms. The maximum absolute atomic E-state index is 4.34. The van der Waals surface area contributed by atoms with E-state index in [1.54, 1.807) is 18.6 Å². The first-order valence-corrected chi connectivity index (χ1v) is 4.27. The van der Waals surface area contributed by atoms with Crippen LogP contribution >= 0.6 is 0 Å². The van der Waals surface area contributed by atoms with Gasteiger partial charge >= 0.3 is 0 Å². The molecule has 0 aromatic carbocycles. The second kappa shape index (κ2) is 3.45. The number of H-pyrrole nitrogens is 1. The Labute approximate surface area is 81.8 Å². The van der Waals surface area contributed by atoms with Crippen LogP contribution in [0.3, 0.4) is 0 Å². The van der Waals surface area contributed by atoms with E-state index in [-0.39, 0.29) is 0 Å². The lowest BCUT2D eigenvalue weighted by molar-refractivity contribution is 0.996. The first kappa shape index (κ1) is 8.68. The van der Waals surface area contributed by atoms with E-state index in [0.717, 1.165) is 11.5 Å². The summed E-state index contributed by atoms with van der Waals surface area (Å²) in [7, 11) is 3.81. The van der Waals surface area contributed by atoms with Gasteiger partial charge in [-0.1, -0.05) is 0 Å². The third-order valence-electron chi connectivity index (χ3n) is 1.78. The highest BCUT2D eigenvalue weighted by molar-refractivity contribution is 5.50. The molecule has 5 nitrogen and oxygen atoms in total. The summed E-state index contributed by atoms with van der Waals surface area (Å²) in [6.45, 7) is 0. The second-order valence-corrected chi connectivity index (χ2v) is 3.07. The molecule has 2 rings (SSSR count). The van der Waals surface area contributed by atoms with E-state index in [2.05, 4.69) is 19.9 Å². The zero-order valence-electron chi connectivity index (χ0n) is 8.10. The van der Waals surface area contributed by atoms with Crippen molar-refractivity contribution in [2.45, 2.75) is 0 Å². The number of aromatic amines is 1. The minimum absolute atomic E-state index is 0.680. The van der Waals surface area contributed by atoms with Gasteiger partial charge in [-0.15, -0.1) is 0 Å². The summed E-state index contributed by atoms with van der Waals surface area (Å²) in [6, 6.07) is 1.83. The van der Waals surface area contributed by atoms with Crippen LogP contribution in [0.1, 0.15) is 0 Å². The van der Waals surface area contributed by atoms with Crippen LogP contribution in [0.25, 0.3) is 11.5 Å². The maximum atomic E-state index is 4.34. The standard InChI is InChI=1S/C9H11N5/c1-14(2)9-12-4-3-7(13-9)8-10-5-6-11-8/h3-6H,1-2H3,(H,10,11). The first-order valence-electron chi connectivity index (χ1n) is 4.27. The third kappa shape index (κ3) is 1.56. The zero-order valence-corrected chi connectivity index (χ0v) is 8.10. The highest BCUT2D eigenvalue weighted by Gasteiger charge is 2.04. The third-order valence-corrected chi connectivity index (χ3v) is 1.78. The van der Waals surface area contributed by atoms with Crippen molar-refractivity contribution in [3.05, 3.63) is 24.7 Å². The number of rotatable bonds is 2. The van der Waals surface area contributed by atoms with Gasteiger partial charge < -0.3 is 9.88 Å². The Morgan fingerprint density at radius 2 is 2.07 bits per heavy atom. The largest absolute Gasteiger partial charge is 0.347 e. The number of imidazole rings is 1. The lowest BCUT2D eigenvalue weighted by Crippen LogP contribution is -2.12. The normalized spacial score (nSPS) is 10.1. The minimum Gasteiger partial charge on any atom is -0.347 e. The number of aromatic nitrogens is 4. The summed E-state index contributed by atoms with van der Waals surface area (Å²) in [5.74, 6) is 1.44. The summed E-state index contributed by atoms with van der Waals surface area (Å²) in [6.07, 6.45) is 5.19. The molecule has 2 aromatic rings. The van der Waals surface area contributed by atoms with Gasteiger partial charge in [-0.05, 0) is 6.07 Å². The summed E-state index contributed by atoms with van der Waals surface area (Å²) in [4.78, 5) is 17.4. The fourth-order valence-electron chi connectivity index (χ4n) is 1.10. The molecule has 0 aliphatic rings. The van der Waals surface area contributed by atoms with Gasteiger partial charge in [0.25, 0.3) is 0 Å². The number of anilines is 1. The lowest BCUT2D eigenvalue weighted by Gasteiger charge is -2.09. The van der Waals surface area contributed by atoms with E-state index in [0.29, 0.717) is 5.95 Å². The molecule has 0 saturated heterocycles. The van der Waals surface area contributed by atoms with Crippen molar-refractivity contribution in [3.8, 4) is 11.5 Å². The van der Waals surface area contributed by atoms with Crippen molar-refractivity contribution in [1.82, 2.24) is 19.9 Å². The fraction of sp³-hybridized carbons (Fsp3) is 0.222. The zero-order chi connectivity index (χ0) is 9.97. The molecule has 0 saturated carbocycles. The van der Waals surface area contributed by atoms with Crippen LogP contribution in [0, 0.1) is 0 Å². The lowest BCUT2D eigenvalue weighted by atomic mass is 10.4. The van der Waals surface area contributed by atoms with Crippen LogP contribution in [0.2, 0.25) is 0 Å².